The number of hydrogen-bond acceptors (Lipinski definition) is 4. The largest absolute Gasteiger partial charge is 0.311 e. The number of rotatable bonds is 7. The first-order valence-corrected chi connectivity index (χ1v) is 28.6. The van der Waals surface area contributed by atoms with E-state index < -0.39 is 0 Å². The second kappa shape index (κ2) is 18.0. The minimum Gasteiger partial charge on any atom is -0.311 e. The van der Waals surface area contributed by atoms with E-state index in [2.05, 4.69) is 290 Å². The van der Waals surface area contributed by atoms with Gasteiger partial charge in [0.15, 0.2) is 0 Å². The molecule has 13 rings (SSSR count). The Labute approximate surface area is 461 Å². The summed E-state index contributed by atoms with van der Waals surface area (Å²) in [5.41, 5.74) is 23.5. The zero-order valence-electron chi connectivity index (χ0n) is 46.4. The van der Waals surface area contributed by atoms with Gasteiger partial charge in [-0.15, -0.1) is 11.3 Å². The molecule has 0 unspecified atom stereocenters. The minimum absolute atomic E-state index is 0.00740. The van der Waals surface area contributed by atoms with Crippen molar-refractivity contribution in [3.8, 4) is 22.3 Å². The van der Waals surface area contributed by atoms with Crippen molar-refractivity contribution in [3.63, 3.8) is 0 Å². The van der Waals surface area contributed by atoms with E-state index in [1.807, 2.05) is 11.3 Å². The van der Waals surface area contributed by atoms with Crippen molar-refractivity contribution in [3.05, 3.63) is 229 Å². The third kappa shape index (κ3) is 8.23. The van der Waals surface area contributed by atoms with E-state index in [1.54, 1.807) is 0 Å². The van der Waals surface area contributed by atoms with Crippen LogP contribution >= 0.6 is 11.3 Å². The highest BCUT2D eigenvalue weighted by Crippen LogP contribution is 2.54. The van der Waals surface area contributed by atoms with E-state index in [4.69, 9.17) is 0 Å². The van der Waals surface area contributed by atoms with Crippen LogP contribution in [0.15, 0.2) is 206 Å². The molecule has 0 bridgehead atoms. The van der Waals surface area contributed by atoms with Crippen LogP contribution in [-0.2, 0) is 21.7 Å². The molecule has 3 heterocycles. The molecule has 0 fully saturated rings. The van der Waals surface area contributed by atoms with Gasteiger partial charge in [-0.1, -0.05) is 197 Å². The molecule has 0 saturated carbocycles. The predicted octanol–water partition coefficient (Wildman–Crippen LogP) is 18.7. The van der Waals surface area contributed by atoms with Gasteiger partial charge in [0.05, 0.1) is 17.1 Å². The zero-order chi connectivity index (χ0) is 53.2. The van der Waals surface area contributed by atoms with E-state index in [0.717, 1.165) is 29.2 Å². The first-order chi connectivity index (χ1) is 36.9. The van der Waals surface area contributed by atoms with Gasteiger partial charge in [0, 0.05) is 54.6 Å². The van der Waals surface area contributed by atoms with Crippen molar-refractivity contribution in [1.29, 1.82) is 0 Å². The summed E-state index contributed by atoms with van der Waals surface area (Å²) in [6, 6.07) is 78.4. The fourth-order valence-corrected chi connectivity index (χ4v) is 14.1. The van der Waals surface area contributed by atoms with Gasteiger partial charge in [-0.05, 0) is 163 Å². The van der Waals surface area contributed by atoms with Crippen molar-refractivity contribution in [2.75, 3.05) is 14.7 Å². The van der Waals surface area contributed by atoms with Crippen molar-refractivity contribution < 1.29 is 0 Å². The molecule has 0 N–H and O–H groups in total. The van der Waals surface area contributed by atoms with Gasteiger partial charge in [0.2, 0.25) is 0 Å². The summed E-state index contributed by atoms with van der Waals surface area (Å²) < 4.78 is 2.69. The summed E-state index contributed by atoms with van der Waals surface area (Å²) in [4.78, 5) is 7.81. The summed E-state index contributed by atoms with van der Waals surface area (Å²) in [5, 5.41) is 1.31. The van der Waals surface area contributed by atoms with Crippen LogP contribution in [0.4, 0.5) is 51.2 Å². The third-order valence-electron chi connectivity index (χ3n) is 17.2. The van der Waals surface area contributed by atoms with Gasteiger partial charge in [-0.25, -0.2) is 0 Å². The molecule has 0 spiro atoms. The lowest BCUT2D eigenvalue weighted by atomic mass is 9.36. The Morgan fingerprint density at radius 3 is 1.62 bits per heavy atom. The lowest BCUT2D eigenvalue weighted by molar-refractivity contribution is 0.332. The van der Waals surface area contributed by atoms with Gasteiger partial charge < -0.3 is 14.7 Å². The molecule has 9 aromatic carbocycles. The fraction of sp³-hybridized carbons (Fsp3) is 0.222. The van der Waals surface area contributed by atoms with Crippen LogP contribution in [0.5, 0.6) is 0 Å². The van der Waals surface area contributed by atoms with Gasteiger partial charge >= 0.3 is 0 Å². The SMILES string of the molecule is CC(C)(C)c1ccc(N2c3ccc(-c4ccccc4)cc3B3c4sc5ccc(C(C)(C)C)cc5c4N(c4ccc5c(c4)C(C)(C)CCC5(C)C)c4cc(N(c5ccccc5)c5ccccc5)cc2c43)c(-c2ccccc2)c1. The summed E-state index contributed by atoms with van der Waals surface area (Å²) in [5.74, 6) is 0. The maximum absolute atomic E-state index is 2.70. The monoisotopic (exact) mass is 1020 g/mol. The van der Waals surface area contributed by atoms with E-state index in [9.17, 15) is 0 Å². The number of thiophene rings is 1. The molecule has 5 heteroatoms. The van der Waals surface area contributed by atoms with Gasteiger partial charge in [0.25, 0.3) is 6.71 Å². The Morgan fingerprint density at radius 1 is 0.455 bits per heavy atom. The summed E-state index contributed by atoms with van der Waals surface area (Å²) in [6.45, 7) is 23.8. The lowest BCUT2D eigenvalue weighted by Crippen LogP contribution is -2.60. The van der Waals surface area contributed by atoms with Crippen LogP contribution in [0, 0.1) is 0 Å². The molecule has 380 valence electrons. The normalized spacial score (nSPS) is 15.2. The Bertz CT molecular complexity index is 3860. The third-order valence-corrected chi connectivity index (χ3v) is 18.4. The molecular formula is C72H68BN3S. The highest BCUT2D eigenvalue weighted by atomic mass is 32.1. The topological polar surface area (TPSA) is 9.72 Å². The van der Waals surface area contributed by atoms with Crippen LogP contribution in [0.25, 0.3) is 32.3 Å². The Kier molecular flexibility index (Phi) is 11.5. The molecule has 0 atom stereocenters. The van der Waals surface area contributed by atoms with Gasteiger partial charge in [0.1, 0.15) is 0 Å². The van der Waals surface area contributed by atoms with Crippen LogP contribution in [0.3, 0.4) is 0 Å². The van der Waals surface area contributed by atoms with Crippen molar-refractivity contribution in [2.45, 2.75) is 104 Å². The van der Waals surface area contributed by atoms with Gasteiger partial charge in [-0.3, -0.25) is 0 Å². The molecule has 1 aromatic heterocycles. The molecule has 10 aromatic rings. The van der Waals surface area contributed by atoms with E-state index in [1.165, 1.54) is 105 Å². The van der Waals surface area contributed by atoms with Crippen molar-refractivity contribution in [2.24, 2.45) is 0 Å². The molecule has 0 radical (unpaired) electrons. The first kappa shape index (κ1) is 49.0. The quantitative estimate of drug-likeness (QED) is 0.147. The smallest absolute Gasteiger partial charge is 0.264 e. The maximum Gasteiger partial charge on any atom is 0.264 e. The molecule has 0 saturated heterocycles. The van der Waals surface area contributed by atoms with E-state index >= 15 is 0 Å². The average molecular weight is 1020 g/mol. The number of nitrogens with zero attached hydrogens (tertiary/aromatic N) is 3. The highest BCUT2D eigenvalue weighted by Gasteiger charge is 2.47. The summed E-state index contributed by atoms with van der Waals surface area (Å²) in [6.07, 6.45) is 2.31. The second-order valence-electron chi connectivity index (χ2n) is 25.3. The van der Waals surface area contributed by atoms with Crippen LogP contribution < -0.4 is 30.4 Å². The number of hydrogen-bond donors (Lipinski definition) is 0. The molecule has 1 aliphatic carbocycles. The Morgan fingerprint density at radius 2 is 1.00 bits per heavy atom. The standard InChI is InChI=1S/C72H68BN3S/c1-69(2,3)50-32-37-61(56(42-50)48-25-17-12-18-26-48)76-62-36-31-49(47-23-15-11-16-24-47)41-60(62)73-66-63(45-55(46-64(66)76)74(52-27-19-13-20-28-52)53-29-21-14-22-30-53)75(54-34-35-58-59(44-54)72(9,10)40-39-71(58,7)8)67-57-43-51(70(4,5)6)33-38-65(57)77-68(67)73/h11-38,41-46H,39-40H2,1-10H3. The predicted molar refractivity (Wildman–Crippen MR) is 334 cm³/mol. The molecule has 3 aliphatic rings. The van der Waals surface area contributed by atoms with E-state index in [-0.39, 0.29) is 28.4 Å². The maximum atomic E-state index is 2.70. The molecular weight excluding hydrogens is 950 g/mol. The number of para-hydroxylation sites is 2. The van der Waals surface area contributed by atoms with Crippen molar-refractivity contribution in [1.82, 2.24) is 0 Å². The number of anilines is 9. The average Bonchev–Trinajstić information content (AvgIpc) is 3.97. The fourth-order valence-electron chi connectivity index (χ4n) is 12.8. The van der Waals surface area contributed by atoms with Crippen LogP contribution in [0.2, 0.25) is 0 Å². The molecule has 77 heavy (non-hydrogen) atoms. The summed E-state index contributed by atoms with van der Waals surface area (Å²) in [7, 11) is 0. The van der Waals surface area contributed by atoms with Gasteiger partial charge in [-0.2, -0.15) is 0 Å². The van der Waals surface area contributed by atoms with E-state index in [0.29, 0.717) is 0 Å². The number of benzene rings is 9. The Balaban J connectivity index is 1.21. The summed E-state index contributed by atoms with van der Waals surface area (Å²) >= 11 is 1.99. The number of fused-ring (bicyclic) bond motifs is 7. The lowest BCUT2D eigenvalue weighted by Gasteiger charge is -2.45. The zero-order valence-corrected chi connectivity index (χ0v) is 47.2. The van der Waals surface area contributed by atoms with Crippen LogP contribution in [0.1, 0.15) is 104 Å². The van der Waals surface area contributed by atoms with Crippen LogP contribution in [-0.4, -0.2) is 6.71 Å². The molecule has 0 amide bonds. The minimum atomic E-state index is -0.0744. The molecule has 2 aliphatic heterocycles. The molecule has 3 nitrogen and oxygen atoms in total. The Hall–Kier alpha value is -7.60. The highest BCUT2D eigenvalue weighted by molar-refractivity contribution is 7.33. The van der Waals surface area contributed by atoms with Crippen molar-refractivity contribution >= 4 is 95.0 Å². The second-order valence-corrected chi connectivity index (χ2v) is 26.4. The first-order valence-electron chi connectivity index (χ1n) is 27.7.